The maximum absolute atomic E-state index is 12.4. The molecule has 2 heterocycles. The third-order valence-corrected chi connectivity index (χ3v) is 6.82. The fraction of sp³-hybridized carbons (Fsp3) is 0.381. The van der Waals surface area contributed by atoms with Crippen LogP contribution in [-0.2, 0) is 11.2 Å². The van der Waals surface area contributed by atoms with Crippen LogP contribution in [0.15, 0.2) is 51.8 Å². The van der Waals surface area contributed by atoms with Crippen LogP contribution in [-0.4, -0.2) is 28.1 Å². The lowest BCUT2D eigenvalue weighted by Crippen LogP contribution is -2.17. The molecule has 0 unspecified atom stereocenters. The molecule has 27 heavy (non-hydrogen) atoms. The normalized spacial score (nSPS) is 17.8. The molecule has 1 fully saturated rings. The zero-order valence-corrected chi connectivity index (χ0v) is 17.0. The van der Waals surface area contributed by atoms with Crippen LogP contribution >= 0.6 is 23.1 Å². The lowest BCUT2D eigenvalue weighted by molar-refractivity contribution is -0.113. The number of aliphatic imine (C=N–C) groups is 2. The summed E-state index contributed by atoms with van der Waals surface area (Å²) < 4.78 is 0. The van der Waals surface area contributed by atoms with Crippen LogP contribution in [0.1, 0.15) is 43.0 Å². The molecule has 140 valence electrons. The summed E-state index contributed by atoms with van der Waals surface area (Å²) in [6.45, 7) is 2.12. The Labute approximate surface area is 168 Å². The zero-order valence-electron chi connectivity index (χ0n) is 15.4. The van der Waals surface area contributed by atoms with Gasteiger partial charge in [0, 0.05) is 5.69 Å². The van der Waals surface area contributed by atoms with E-state index in [1.54, 1.807) is 11.3 Å². The first-order chi connectivity index (χ1) is 13.2. The van der Waals surface area contributed by atoms with Crippen molar-refractivity contribution in [1.29, 1.82) is 0 Å². The number of hydrogen-bond acceptors (Lipinski definition) is 5. The Morgan fingerprint density at radius 2 is 1.96 bits per heavy atom. The first-order valence-corrected chi connectivity index (χ1v) is 11.3. The van der Waals surface area contributed by atoms with Gasteiger partial charge in [0.05, 0.1) is 10.6 Å². The van der Waals surface area contributed by atoms with Crippen molar-refractivity contribution in [1.82, 2.24) is 0 Å². The van der Waals surface area contributed by atoms with Gasteiger partial charge in [0.15, 0.2) is 5.66 Å². The molecular formula is C21H23N3OS2. The fourth-order valence-electron chi connectivity index (χ4n) is 3.52. The molecule has 0 bridgehead atoms. The van der Waals surface area contributed by atoms with Crippen LogP contribution in [0.3, 0.4) is 0 Å². The van der Waals surface area contributed by atoms with E-state index in [1.165, 1.54) is 30.2 Å². The number of rotatable bonds is 5. The largest absolute Gasteiger partial charge is 0.325 e. The Kier molecular flexibility index (Phi) is 5.45. The maximum Gasteiger partial charge on any atom is 0.234 e. The van der Waals surface area contributed by atoms with Crippen molar-refractivity contribution >= 4 is 45.4 Å². The standard InChI is InChI=1S/C21H23N3OS2/c1-2-15-7-9-16(10-8-15)22-18(25)14-27-20-19(17-6-5-13-26-17)23-21(24-20)11-3-4-12-21/h5-10,13H,2-4,11-12,14H2,1H3,(H,22,25). The minimum absolute atomic E-state index is 0.00940. The maximum atomic E-state index is 12.4. The van der Waals surface area contributed by atoms with E-state index in [0.29, 0.717) is 5.75 Å². The van der Waals surface area contributed by atoms with E-state index in [2.05, 4.69) is 35.8 Å². The number of nitrogens with zero attached hydrogens (tertiary/aromatic N) is 2. The summed E-state index contributed by atoms with van der Waals surface area (Å²) in [6, 6.07) is 12.1. The van der Waals surface area contributed by atoms with Crippen molar-refractivity contribution in [2.75, 3.05) is 11.1 Å². The minimum atomic E-state index is -0.270. The second-order valence-corrected chi connectivity index (χ2v) is 8.84. The Bertz CT molecular complexity index is 863. The minimum Gasteiger partial charge on any atom is -0.325 e. The predicted molar refractivity (Wildman–Crippen MR) is 116 cm³/mol. The highest BCUT2D eigenvalue weighted by atomic mass is 32.2. The van der Waals surface area contributed by atoms with Gasteiger partial charge in [-0.3, -0.25) is 9.79 Å². The van der Waals surface area contributed by atoms with Crippen LogP contribution in [0.5, 0.6) is 0 Å². The molecule has 0 atom stereocenters. The van der Waals surface area contributed by atoms with Crippen molar-refractivity contribution in [3.63, 3.8) is 0 Å². The Hall–Kier alpha value is -1.92. The van der Waals surface area contributed by atoms with Gasteiger partial charge >= 0.3 is 0 Å². The van der Waals surface area contributed by atoms with Crippen LogP contribution in [0.25, 0.3) is 0 Å². The van der Waals surface area contributed by atoms with Crippen molar-refractivity contribution in [2.24, 2.45) is 9.98 Å². The number of carbonyl (C=O) groups is 1. The van der Waals surface area contributed by atoms with Gasteiger partial charge in [-0.2, -0.15) is 0 Å². The van der Waals surface area contributed by atoms with Crippen molar-refractivity contribution in [2.45, 2.75) is 44.7 Å². The summed E-state index contributed by atoms with van der Waals surface area (Å²) in [4.78, 5) is 23.5. The van der Waals surface area contributed by atoms with Crippen LogP contribution in [0.2, 0.25) is 0 Å². The predicted octanol–water partition coefficient (Wildman–Crippen LogP) is 5.15. The molecule has 1 N–H and O–H groups in total. The number of hydrogen-bond donors (Lipinski definition) is 1. The number of aryl methyl sites for hydroxylation is 1. The molecule has 0 saturated heterocycles. The number of nitrogens with one attached hydrogen (secondary N) is 1. The van der Waals surface area contributed by atoms with E-state index in [4.69, 9.17) is 9.98 Å². The average molecular weight is 398 g/mol. The Morgan fingerprint density at radius 3 is 2.63 bits per heavy atom. The third-order valence-electron chi connectivity index (χ3n) is 4.98. The number of anilines is 1. The summed E-state index contributed by atoms with van der Waals surface area (Å²) in [5, 5.41) is 5.95. The Morgan fingerprint density at radius 1 is 1.19 bits per heavy atom. The molecule has 1 aliphatic heterocycles. The molecule has 1 aromatic heterocycles. The second-order valence-electron chi connectivity index (χ2n) is 6.93. The topological polar surface area (TPSA) is 53.8 Å². The molecular weight excluding hydrogens is 374 g/mol. The van der Waals surface area contributed by atoms with Crippen LogP contribution < -0.4 is 5.32 Å². The van der Waals surface area contributed by atoms with Crippen molar-refractivity contribution in [3.05, 3.63) is 52.2 Å². The second kappa shape index (κ2) is 7.98. The van der Waals surface area contributed by atoms with Gasteiger partial charge < -0.3 is 5.32 Å². The van der Waals surface area contributed by atoms with Gasteiger partial charge in [-0.1, -0.05) is 36.9 Å². The fourth-order valence-corrected chi connectivity index (χ4v) is 5.16. The van der Waals surface area contributed by atoms with Crippen molar-refractivity contribution < 1.29 is 4.79 Å². The molecule has 2 aromatic rings. The molecule has 2 aliphatic rings. The molecule has 0 radical (unpaired) electrons. The Balaban J connectivity index is 1.42. The summed E-state index contributed by atoms with van der Waals surface area (Å²) in [5.74, 6) is 0.333. The van der Waals surface area contributed by atoms with E-state index in [1.807, 2.05) is 18.2 Å². The van der Waals surface area contributed by atoms with Crippen LogP contribution in [0.4, 0.5) is 5.69 Å². The van der Waals surface area contributed by atoms with Crippen LogP contribution in [0, 0.1) is 0 Å². The van der Waals surface area contributed by atoms with Gasteiger partial charge in [0.25, 0.3) is 0 Å². The first kappa shape index (κ1) is 18.4. The monoisotopic (exact) mass is 397 g/mol. The average Bonchev–Trinajstić information content (AvgIpc) is 3.42. The number of thiophene rings is 1. The van der Waals surface area contributed by atoms with E-state index in [0.717, 1.165) is 40.6 Å². The highest BCUT2D eigenvalue weighted by Crippen LogP contribution is 2.40. The highest BCUT2D eigenvalue weighted by molar-refractivity contribution is 8.16. The van der Waals surface area contributed by atoms with Crippen molar-refractivity contribution in [3.8, 4) is 0 Å². The summed E-state index contributed by atoms with van der Waals surface area (Å²) in [5.41, 5.74) is 2.80. The number of carbonyl (C=O) groups excluding carboxylic acids is 1. The molecule has 4 rings (SSSR count). The number of benzene rings is 1. The summed E-state index contributed by atoms with van der Waals surface area (Å²) in [6.07, 6.45) is 5.38. The number of amides is 1. The molecule has 1 saturated carbocycles. The highest BCUT2D eigenvalue weighted by Gasteiger charge is 2.39. The molecule has 6 heteroatoms. The lowest BCUT2D eigenvalue weighted by atomic mass is 10.1. The van der Waals surface area contributed by atoms with Gasteiger partial charge in [-0.15, -0.1) is 11.3 Å². The first-order valence-electron chi connectivity index (χ1n) is 9.43. The molecule has 1 spiro atoms. The van der Waals surface area contributed by atoms with E-state index < -0.39 is 0 Å². The van der Waals surface area contributed by atoms with Gasteiger partial charge in [0.1, 0.15) is 10.8 Å². The lowest BCUT2D eigenvalue weighted by Gasteiger charge is -2.14. The SMILES string of the molecule is CCc1ccc(NC(=O)CSC2=NC3(CCCC3)N=C2c2cccs2)cc1. The van der Waals surface area contributed by atoms with Gasteiger partial charge in [0.2, 0.25) is 5.91 Å². The molecule has 4 nitrogen and oxygen atoms in total. The molecule has 1 aliphatic carbocycles. The van der Waals surface area contributed by atoms with E-state index in [9.17, 15) is 4.79 Å². The van der Waals surface area contributed by atoms with E-state index >= 15 is 0 Å². The van der Waals surface area contributed by atoms with Gasteiger partial charge in [-0.25, -0.2) is 4.99 Å². The van der Waals surface area contributed by atoms with Gasteiger partial charge in [-0.05, 0) is 61.2 Å². The number of thioether (sulfide) groups is 1. The molecule has 1 amide bonds. The summed E-state index contributed by atoms with van der Waals surface area (Å²) >= 11 is 3.18. The zero-order chi connectivity index (χ0) is 18.7. The summed E-state index contributed by atoms with van der Waals surface area (Å²) in [7, 11) is 0. The third kappa shape index (κ3) is 4.17. The quantitative estimate of drug-likeness (QED) is 0.758. The molecule has 1 aromatic carbocycles. The van der Waals surface area contributed by atoms with E-state index in [-0.39, 0.29) is 11.6 Å². The smallest absolute Gasteiger partial charge is 0.234 e.